The van der Waals surface area contributed by atoms with E-state index in [1.54, 1.807) is 6.20 Å². The summed E-state index contributed by atoms with van der Waals surface area (Å²) in [6.07, 6.45) is 3.72. The van der Waals surface area contributed by atoms with Crippen LogP contribution in [-0.2, 0) is 16.1 Å². The molecule has 0 aliphatic carbocycles. The Balaban J connectivity index is 1.75. The number of benzene rings is 1. The maximum absolute atomic E-state index is 12.0. The highest BCUT2D eigenvalue weighted by atomic mass is 16.5. The Kier molecular flexibility index (Phi) is 3.49. The summed E-state index contributed by atoms with van der Waals surface area (Å²) in [6.45, 7) is 1.04. The minimum absolute atomic E-state index is 0.359. The van der Waals surface area contributed by atoms with Crippen LogP contribution in [-0.4, -0.2) is 30.4 Å². The predicted octanol–water partition coefficient (Wildman–Crippen LogP) is 2.33. The zero-order valence-electron chi connectivity index (χ0n) is 13.2. The first-order valence-electron chi connectivity index (χ1n) is 7.66. The van der Waals surface area contributed by atoms with E-state index in [1.165, 1.54) is 7.11 Å². The molecule has 0 saturated carbocycles. The molecule has 3 heterocycles. The molecule has 6 heteroatoms. The lowest BCUT2D eigenvalue weighted by atomic mass is 10.1. The number of aromatic nitrogens is 1. The van der Waals surface area contributed by atoms with Crippen molar-refractivity contribution in [3.8, 4) is 0 Å². The maximum atomic E-state index is 12.0. The smallest absolute Gasteiger partial charge is 0.358 e. The summed E-state index contributed by atoms with van der Waals surface area (Å²) in [4.78, 5) is 24.9. The molecule has 0 N–H and O–H groups in total. The molecule has 0 unspecified atom stereocenters. The number of methoxy groups -OCH3 is 1. The number of hydrogen-bond donors (Lipinski definition) is 0. The van der Waals surface area contributed by atoms with Crippen molar-refractivity contribution in [1.29, 1.82) is 0 Å². The van der Waals surface area contributed by atoms with Crippen molar-refractivity contribution < 1.29 is 9.53 Å². The van der Waals surface area contributed by atoms with Crippen LogP contribution < -0.4 is 9.80 Å². The van der Waals surface area contributed by atoms with E-state index in [0.29, 0.717) is 18.9 Å². The molecule has 2 aromatic rings. The Morgan fingerprint density at radius 2 is 1.96 bits per heavy atom. The number of rotatable bonds is 3. The van der Waals surface area contributed by atoms with Crippen LogP contribution in [0.5, 0.6) is 0 Å². The van der Waals surface area contributed by atoms with Gasteiger partial charge in [-0.1, -0.05) is 18.2 Å². The molecule has 0 fully saturated rings. The van der Waals surface area contributed by atoms with Gasteiger partial charge in [0.2, 0.25) is 0 Å². The van der Waals surface area contributed by atoms with Gasteiger partial charge in [-0.2, -0.15) is 0 Å². The van der Waals surface area contributed by atoms with Crippen molar-refractivity contribution in [2.24, 2.45) is 4.99 Å². The lowest BCUT2D eigenvalue weighted by molar-refractivity contribution is -0.132. The van der Waals surface area contributed by atoms with Crippen molar-refractivity contribution in [1.82, 2.24) is 4.98 Å². The first-order valence-corrected chi connectivity index (χ1v) is 7.66. The largest absolute Gasteiger partial charge is 0.464 e. The van der Waals surface area contributed by atoms with Gasteiger partial charge in [0.05, 0.1) is 36.4 Å². The summed E-state index contributed by atoms with van der Waals surface area (Å²) in [5.74, 6) is -0.416. The van der Waals surface area contributed by atoms with Crippen molar-refractivity contribution >= 4 is 23.1 Å². The van der Waals surface area contributed by atoms with E-state index >= 15 is 0 Å². The van der Waals surface area contributed by atoms with E-state index in [9.17, 15) is 4.79 Å². The Morgan fingerprint density at radius 3 is 2.71 bits per heavy atom. The van der Waals surface area contributed by atoms with E-state index in [2.05, 4.69) is 20.9 Å². The second kappa shape index (κ2) is 5.81. The normalized spacial score (nSPS) is 15.4. The van der Waals surface area contributed by atoms with Crippen LogP contribution in [0.3, 0.4) is 0 Å². The Bertz CT molecular complexity index is 845. The number of ether oxygens (including phenoxy) is 1. The van der Waals surface area contributed by atoms with Crippen molar-refractivity contribution in [3.05, 3.63) is 66.3 Å². The number of nitrogens with zero attached hydrogens (tertiary/aromatic N) is 4. The van der Waals surface area contributed by atoms with Gasteiger partial charge in [-0.15, -0.1) is 0 Å². The topological polar surface area (TPSA) is 58.0 Å². The molecule has 0 saturated heterocycles. The van der Waals surface area contributed by atoms with E-state index in [4.69, 9.17) is 4.74 Å². The molecule has 120 valence electrons. The third-order valence-electron chi connectivity index (χ3n) is 4.10. The second-order valence-electron chi connectivity index (χ2n) is 5.52. The van der Waals surface area contributed by atoms with Crippen LogP contribution in [0.25, 0.3) is 0 Å². The van der Waals surface area contributed by atoms with Crippen molar-refractivity contribution in [2.45, 2.75) is 6.54 Å². The monoisotopic (exact) mass is 320 g/mol. The predicted molar refractivity (Wildman–Crippen MR) is 91.7 cm³/mol. The average molecular weight is 320 g/mol. The highest BCUT2D eigenvalue weighted by Gasteiger charge is 2.34. The summed E-state index contributed by atoms with van der Waals surface area (Å²) in [5, 5.41) is 0. The van der Waals surface area contributed by atoms with E-state index in [1.807, 2.05) is 47.5 Å². The van der Waals surface area contributed by atoms with E-state index in [-0.39, 0.29) is 0 Å². The van der Waals surface area contributed by atoms with E-state index in [0.717, 1.165) is 22.8 Å². The van der Waals surface area contributed by atoms with Gasteiger partial charge < -0.3 is 14.5 Å². The molecule has 2 aliphatic rings. The van der Waals surface area contributed by atoms with Gasteiger partial charge in [0.15, 0.2) is 5.71 Å². The molecule has 0 bridgehead atoms. The number of carbonyl (C=O) groups excluding carboxylic acids is 1. The fraction of sp³-hybridized carbons (Fsp3) is 0.167. The Morgan fingerprint density at radius 1 is 1.17 bits per heavy atom. The third-order valence-corrected chi connectivity index (χ3v) is 4.10. The molecular formula is C18H16N4O2. The number of fused-ring (bicyclic) bond motifs is 3. The van der Waals surface area contributed by atoms with Gasteiger partial charge in [0.1, 0.15) is 6.67 Å². The molecule has 24 heavy (non-hydrogen) atoms. The number of pyridine rings is 1. The van der Waals surface area contributed by atoms with Crippen LogP contribution in [0.4, 0.5) is 11.4 Å². The van der Waals surface area contributed by atoms with Crippen LogP contribution in [0.2, 0.25) is 0 Å². The van der Waals surface area contributed by atoms with Gasteiger partial charge in [-0.3, -0.25) is 9.98 Å². The molecule has 0 amide bonds. The SMILES string of the molecule is COC(=O)C1=NCN2C1=CN(Cc1ccccn1)c1ccccc12. The highest BCUT2D eigenvalue weighted by Crippen LogP contribution is 2.39. The molecule has 2 aliphatic heterocycles. The van der Waals surface area contributed by atoms with Crippen LogP contribution in [0.15, 0.2) is 65.6 Å². The molecule has 0 radical (unpaired) electrons. The molecular weight excluding hydrogens is 304 g/mol. The number of para-hydroxylation sites is 2. The highest BCUT2D eigenvalue weighted by molar-refractivity contribution is 6.45. The summed E-state index contributed by atoms with van der Waals surface area (Å²) < 4.78 is 4.86. The zero-order chi connectivity index (χ0) is 16.5. The zero-order valence-corrected chi connectivity index (χ0v) is 13.2. The summed E-state index contributed by atoms with van der Waals surface area (Å²) in [5.41, 5.74) is 4.16. The molecule has 1 aromatic carbocycles. The van der Waals surface area contributed by atoms with Gasteiger partial charge >= 0.3 is 5.97 Å². The molecule has 6 nitrogen and oxygen atoms in total. The summed E-state index contributed by atoms with van der Waals surface area (Å²) >= 11 is 0. The van der Waals surface area contributed by atoms with Crippen molar-refractivity contribution in [3.63, 3.8) is 0 Å². The average Bonchev–Trinajstić information content (AvgIpc) is 3.06. The second-order valence-corrected chi connectivity index (χ2v) is 5.52. The van der Waals surface area contributed by atoms with Crippen LogP contribution in [0.1, 0.15) is 5.69 Å². The van der Waals surface area contributed by atoms with Gasteiger partial charge in [-0.25, -0.2) is 4.79 Å². The molecule has 4 rings (SSSR count). The number of esters is 1. The standard InChI is InChI=1S/C18H16N4O2/c1-24-18(23)17-16-11-21(10-13-6-4-5-9-19-13)14-7-2-3-8-15(14)22(16)12-20-17/h2-9,11H,10,12H2,1H3. The minimum atomic E-state index is -0.416. The third kappa shape index (κ3) is 2.32. The fourth-order valence-electron chi connectivity index (χ4n) is 2.98. The van der Waals surface area contributed by atoms with Gasteiger partial charge in [-0.05, 0) is 24.3 Å². The Hall–Kier alpha value is -3.15. The number of carbonyl (C=O) groups is 1. The number of aliphatic imine (C=N–C) groups is 1. The first-order chi connectivity index (χ1) is 11.8. The lowest BCUT2D eigenvalue weighted by Gasteiger charge is -2.34. The quantitative estimate of drug-likeness (QED) is 0.813. The molecule has 0 atom stereocenters. The number of hydrogen-bond acceptors (Lipinski definition) is 6. The number of anilines is 2. The van der Waals surface area contributed by atoms with E-state index < -0.39 is 5.97 Å². The molecule has 0 spiro atoms. The summed E-state index contributed by atoms with van der Waals surface area (Å²) in [7, 11) is 1.37. The summed E-state index contributed by atoms with van der Waals surface area (Å²) in [6, 6.07) is 13.9. The maximum Gasteiger partial charge on any atom is 0.358 e. The Labute approximate surface area is 139 Å². The minimum Gasteiger partial charge on any atom is -0.464 e. The van der Waals surface area contributed by atoms with Crippen LogP contribution >= 0.6 is 0 Å². The van der Waals surface area contributed by atoms with Crippen LogP contribution in [0, 0.1) is 0 Å². The first kappa shape index (κ1) is 14.4. The van der Waals surface area contributed by atoms with Gasteiger partial charge in [0.25, 0.3) is 0 Å². The van der Waals surface area contributed by atoms with Gasteiger partial charge in [0, 0.05) is 12.4 Å². The molecule has 1 aromatic heterocycles. The van der Waals surface area contributed by atoms with Crippen molar-refractivity contribution in [2.75, 3.05) is 23.6 Å². The lowest BCUT2D eigenvalue weighted by Crippen LogP contribution is -2.33. The fourth-order valence-corrected chi connectivity index (χ4v) is 2.98.